The van der Waals surface area contributed by atoms with Crippen LogP contribution in [0.2, 0.25) is 0 Å². The first-order chi connectivity index (χ1) is 3.30. The lowest BCUT2D eigenvalue weighted by Crippen LogP contribution is -1.70. The van der Waals surface area contributed by atoms with E-state index in [9.17, 15) is 4.39 Å². The highest BCUT2D eigenvalue weighted by atomic mass is 32.1. The third kappa shape index (κ3) is 0.771. The molecule has 0 saturated carbocycles. The molecule has 0 bridgehead atoms. The van der Waals surface area contributed by atoms with Crippen LogP contribution >= 0.6 is 11.5 Å². The van der Waals surface area contributed by atoms with Gasteiger partial charge in [0.15, 0.2) is 5.82 Å². The van der Waals surface area contributed by atoms with E-state index in [2.05, 4.69) is 4.37 Å². The molecule has 0 fully saturated rings. The Balaban J connectivity index is 3.12. The lowest BCUT2D eigenvalue weighted by molar-refractivity contribution is 0.620. The van der Waals surface area contributed by atoms with Crippen LogP contribution in [0, 0.1) is 12.7 Å². The van der Waals surface area contributed by atoms with Crippen LogP contribution < -0.4 is 0 Å². The molecule has 3 heteroatoms. The summed E-state index contributed by atoms with van der Waals surface area (Å²) in [6.07, 6.45) is 0. The van der Waals surface area contributed by atoms with E-state index in [0.717, 1.165) is 11.5 Å². The maximum Gasteiger partial charge on any atom is 0.156 e. The van der Waals surface area contributed by atoms with Gasteiger partial charge in [-0.3, -0.25) is 0 Å². The van der Waals surface area contributed by atoms with E-state index in [4.69, 9.17) is 0 Å². The molecule has 1 heterocycles. The highest BCUT2D eigenvalue weighted by Crippen LogP contribution is 2.04. The first-order valence-electron chi connectivity index (χ1n) is 1.87. The van der Waals surface area contributed by atoms with Crippen molar-refractivity contribution in [2.45, 2.75) is 6.92 Å². The number of hydrogen-bond donors (Lipinski definition) is 0. The van der Waals surface area contributed by atoms with Gasteiger partial charge in [-0.15, -0.1) is 0 Å². The largest absolute Gasteiger partial charge is 0.204 e. The Bertz CT molecular complexity index is 144. The van der Waals surface area contributed by atoms with Crippen molar-refractivity contribution >= 4 is 11.5 Å². The molecule has 0 saturated heterocycles. The summed E-state index contributed by atoms with van der Waals surface area (Å²) >= 11 is 1.14. The monoisotopic (exact) mass is 117 g/mol. The maximum absolute atomic E-state index is 12.0. The summed E-state index contributed by atoms with van der Waals surface area (Å²) < 4.78 is 15.7. The number of hydrogen-bond acceptors (Lipinski definition) is 2. The summed E-state index contributed by atoms with van der Waals surface area (Å²) in [5.74, 6) is -0.204. The van der Waals surface area contributed by atoms with E-state index in [1.165, 1.54) is 5.38 Å². The molecule has 0 aromatic carbocycles. The van der Waals surface area contributed by atoms with E-state index < -0.39 is 0 Å². The van der Waals surface area contributed by atoms with Crippen molar-refractivity contribution in [3.63, 3.8) is 0 Å². The van der Waals surface area contributed by atoms with Crippen LogP contribution in [-0.2, 0) is 0 Å². The molecule has 0 amide bonds. The average Bonchev–Trinajstić information content (AvgIpc) is 1.91. The zero-order valence-corrected chi connectivity index (χ0v) is 4.63. The smallest absolute Gasteiger partial charge is 0.156 e. The minimum absolute atomic E-state index is 0.204. The third-order valence-electron chi connectivity index (χ3n) is 0.691. The lowest BCUT2D eigenvalue weighted by atomic mass is 10.5. The molecular weight excluding hydrogens is 113 g/mol. The van der Waals surface area contributed by atoms with E-state index in [1.54, 1.807) is 6.92 Å². The van der Waals surface area contributed by atoms with Crippen LogP contribution in [0.25, 0.3) is 0 Å². The Morgan fingerprint density at radius 2 is 2.57 bits per heavy atom. The van der Waals surface area contributed by atoms with Crippen LogP contribution in [0.4, 0.5) is 4.39 Å². The first-order valence-corrected chi connectivity index (χ1v) is 2.71. The van der Waals surface area contributed by atoms with Gasteiger partial charge >= 0.3 is 0 Å². The molecule has 0 aliphatic rings. The average molecular weight is 117 g/mol. The van der Waals surface area contributed by atoms with Gasteiger partial charge in [0.1, 0.15) is 0 Å². The molecule has 0 N–H and O–H groups in total. The normalized spacial score (nSPS) is 9.43. The van der Waals surface area contributed by atoms with E-state index in [0.29, 0.717) is 5.69 Å². The van der Waals surface area contributed by atoms with Crippen molar-refractivity contribution in [3.8, 4) is 0 Å². The van der Waals surface area contributed by atoms with Crippen LogP contribution in [-0.4, -0.2) is 4.37 Å². The highest BCUT2D eigenvalue weighted by Gasteiger charge is 1.94. The molecule has 0 aliphatic carbocycles. The molecule has 1 nitrogen and oxygen atoms in total. The molecule has 38 valence electrons. The second kappa shape index (κ2) is 1.58. The van der Waals surface area contributed by atoms with Gasteiger partial charge in [0.25, 0.3) is 0 Å². The van der Waals surface area contributed by atoms with Gasteiger partial charge < -0.3 is 0 Å². The highest BCUT2D eigenvalue weighted by molar-refractivity contribution is 7.03. The fraction of sp³-hybridized carbons (Fsp3) is 0.250. The molecule has 0 spiro atoms. The standard InChI is InChI=1S/C4H4FNS/c1-3-4(5)2-7-6-3/h2H,1H3. The topological polar surface area (TPSA) is 12.9 Å². The Morgan fingerprint density at radius 1 is 1.86 bits per heavy atom. The van der Waals surface area contributed by atoms with E-state index in [1.807, 2.05) is 0 Å². The van der Waals surface area contributed by atoms with Crippen molar-refractivity contribution in [1.82, 2.24) is 4.37 Å². The van der Waals surface area contributed by atoms with Crippen molar-refractivity contribution in [1.29, 1.82) is 0 Å². The lowest BCUT2D eigenvalue weighted by Gasteiger charge is -1.73. The first kappa shape index (κ1) is 4.71. The van der Waals surface area contributed by atoms with Crippen LogP contribution in [0.3, 0.4) is 0 Å². The Morgan fingerprint density at radius 3 is 2.71 bits per heavy atom. The molecule has 0 atom stereocenters. The summed E-state index contributed by atoms with van der Waals surface area (Å²) in [4.78, 5) is 0. The fourth-order valence-corrected chi connectivity index (χ4v) is 0.842. The second-order valence-electron chi connectivity index (χ2n) is 1.25. The van der Waals surface area contributed by atoms with Crippen LogP contribution in [0.5, 0.6) is 0 Å². The van der Waals surface area contributed by atoms with Gasteiger partial charge in [-0.1, -0.05) is 0 Å². The van der Waals surface area contributed by atoms with Gasteiger partial charge in [0.05, 0.1) is 5.69 Å². The quantitative estimate of drug-likeness (QED) is 0.503. The minimum atomic E-state index is -0.204. The summed E-state index contributed by atoms with van der Waals surface area (Å²) in [6.45, 7) is 1.64. The predicted octanol–water partition coefficient (Wildman–Crippen LogP) is 1.59. The second-order valence-corrected chi connectivity index (χ2v) is 1.88. The summed E-state index contributed by atoms with van der Waals surface area (Å²) in [5.41, 5.74) is 0.491. The van der Waals surface area contributed by atoms with Gasteiger partial charge in [-0.05, 0) is 18.5 Å². The summed E-state index contributed by atoms with van der Waals surface area (Å²) in [5, 5.41) is 1.38. The van der Waals surface area contributed by atoms with Crippen molar-refractivity contribution in [3.05, 3.63) is 16.9 Å². The van der Waals surface area contributed by atoms with Crippen LogP contribution in [0.15, 0.2) is 5.38 Å². The number of aryl methyl sites for hydroxylation is 1. The molecule has 0 unspecified atom stereocenters. The van der Waals surface area contributed by atoms with Gasteiger partial charge in [0, 0.05) is 5.38 Å². The van der Waals surface area contributed by atoms with Crippen molar-refractivity contribution < 1.29 is 4.39 Å². The predicted molar refractivity (Wildman–Crippen MR) is 26.8 cm³/mol. The number of rotatable bonds is 0. The van der Waals surface area contributed by atoms with Crippen LogP contribution in [0.1, 0.15) is 5.69 Å². The Kier molecular flexibility index (Phi) is 1.06. The molecule has 1 aromatic rings. The molecular formula is C4H4FNS. The van der Waals surface area contributed by atoms with E-state index in [-0.39, 0.29) is 5.82 Å². The Hall–Kier alpha value is -0.440. The molecule has 0 radical (unpaired) electrons. The van der Waals surface area contributed by atoms with Gasteiger partial charge in [-0.25, -0.2) is 4.39 Å². The maximum atomic E-state index is 12.0. The molecule has 0 aliphatic heterocycles. The number of nitrogens with zero attached hydrogens (tertiary/aromatic N) is 1. The summed E-state index contributed by atoms with van der Waals surface area (Å²) in [7, 11) is 0. The van der Waals surface area contributed by atoms with Gasteiger partial charge in [-0.2, -0.15) is 4.37 Å². The van der Waals surface area contributed by atoms with Gasteiger partial charge in [0.2, 0.25) is 0 Å². The SMILES string of the molecule is Cc1nscc1F. The van der Waals surface area contributed by atoms with E-state index >= 15 is 0 Å². The third-order valence-corrected chi connectivity index (χ3v) is 1.38. The summed E-state index contributed by atoms with van der Waals surface area (Å²) in [6, 6.07) is 0. The molecule has 1 rings (SSSR count). The number of aromatic nitrogens is 1. The van der Waals surface area contributed by atoms with Crippen molar-refractivity contribution in [2.24, 2.45) is 0 Å². The zero-order chi connectivity index (χ0) is 5.28. The Labute approximate surface area is 45.0 Å². The molecule has 7 heavy (non-hydrogen) atoms. The van der Waals surface area contributed by atoms with Crippen molar-refractivity contribution in [2.75, 3.05) is 0 Å². The molecule has 1 aromatic heterocycles. The minimum Gasteiger partial charge on any atom is -0.204 e. The number of halogens is 1. The zero-order valence-electron chi connectivity index (χ0n) is 3.81. The fourth-order valence-electron chi connectivity index (χ4n) is 0.281.